The number of carbonyl (C=O) groups is 2. The summed E-state index contributed by atoms with van der Waals surface area (Å²) >= 11 is 5.92. The summed E-state index contributed by atoms with van der Waals surface area (Å²) in [4.78, 5) is 22.4. The molecule has 2 rings (SSSR count). The fourth-order valence-corrected chi connectivity index (χ4v) is 2.05. The van der Waals surface area contributed by atoms with Gasteiger partial charge < -0.3 is 9.84 Å². The first-order chi connectivity index (χ1) is 9.51. The molecular weight excluding hydrogens is 280 g/mol. The third-order valence-electron chi connectivity index (χ3n) is 2.78. The van der Waals surface area contributed by atoms with E-state index in [4.69, 9.17) is 21.4 Å². The number of benzene rings is 2. The maximum atomic E-state index is 11.8. The van der Waals surface area contributed by atoms with Crippen molar-refractivity contribution < 1.29 is 19.4 Å². The Balaban J connectivity index is 2.66. The summed E-state index contributed by atoms with van der Waals surface area (Å²) in [5.41, 5.74) is 0.772. The van der Waals surface area contributed by atoms with Gasteiger partial charge in [0.1, 0.15) is 0 Å². The van der Waals surface area contributed by atoms with Crippen LogP contribution in [0.25, 0.3) is 16.8 Å². The van der Waals surface area contributed by atoms with Gasteiger partial charge in [-0.1, -0.05) is 17.7 Å². The molecule has 5 heteroatoms. The summed E-state index contributed by atoms with van der Waals surface area (Å²) in [5.74, 6) is -1.62. The number of halogens is 1. The maximum Gasteiger partial charge on any atom is 0.338 e. The largest absolute Gasteiger partial charge is 0.478 e. The summed E-state index contributed by atoms with van der Waals surface area (Å²) in [6, 6.07) is 8.61. The minimum Gasteiger partial charge on any atom is -0.478 e. The number of carboxylic acid groups (broad SMARTS) is 1. The van der Waals surface area contributed by atoms with E-state index in [-0.39, 0.29) is 0 Å². The highest BCUT2D eigenvalue weighted by Gasteiger charge is 2.12. The lowest BCUT2D eigenvalue weighted by atomic mass is 10.0. The number of rotatable bonds is 3. The number of carbonyl (C=O) groups excluding carboxylic acids is 1. The molecule has 0 aliphatic heterocycles. The molecule has 4 nitrogen and oxygen atoms in total. The minimum absolute atomic E-state index is 0.291. The standard InChI is InChI=1S/C15H11ClO4/c1-20-15(19)13-8-11-7-12(16)4-2-9(11)6-10(13)3-5-14(17)18/h2-8H,1H3,(H,17,18)/b5-3+. The number of hydrogen-bond donors (Lipinski definition) is 1. The van der Waals surface area contributed by atoms with Crippen molar-refractivity contribution in [1.82, 2.24) is 0 Å². The van der Waals surface area contributed by atoms with E-state index in [9.17, 15) is 9.59 Å². The molecule has 0 saturated heterocycles. The van der Waals surface area contributed by atoms with Crippen LogP contribution in [0.15, 0.2) is 36.4 Å². The highest BCUT2D eigenvalue weighted by atomic mass is 35.5. The van der Waals surface area contributed by atoms with Gasteiger partial charge in [-0.05, 0) is 46.7 Å². The van der Waals surface area contributed by atoms with Crippen molar-refractivity contribution in [2.24, 2.45) is 0 Å². The first kappa shape index (κ1) is 14.1. The molecule has 0 spiro atoms. The molecule has 0 saturated carbocycles. The molecule has 0 aromatic heterocycles. The Morgan fingerprint density at radius 2 is 1.95 bits per heavy atom. The maximum absolute atomic E-state index is 11.8. The van der Waals surface area contributed by atoms with Crippen LogP contribution >= 0.6 is 11.6 Å². The van der Waals surface area contributed by atoms with Crippen LogP contribution in [-0.2, 0) is 9.53 Å². The molecule has 0 aliphatic rings. The van der Waals surface area contributed by atoms with Crippen molar-refractivity contribution in [3.05, 3.63) is 52.6 Å². The van der Waals surface area contributed by atoms with E-state index in [1.54, 1.807) is 30.3 Å². The average Bonchev–Trinajstić information content (AvgIpc) is 2.43. The molecule has 20 heavy (non-hydrogen) atoms. The molecular formula is C15H11ClO4. The number of aliphatic carboxylic acids is 1. The van der Waals surface area contributed by atoms with Gasteiger partial charge in [-0.15, -0.1) is 0 Å². The normalized spacial score (nSPS) is 10.9. The predicted molar refractivity (Wildman–Crippen MR) is 77.0 cm³/mol. The van der Waals surface area contributed by atoms with Crippen LogP contribution in [0.3, 0.4) is 0 Å². The summed E-state index contributed by atoms with van der Waals surface area (Å²) in [7, 11) is 1.27. The van der Waals surface area contributed by atoms with E-state index < -0.39 is 11.9 Å². The Hall–Kier alpha value is -2.33. The molecule has 0 heterocycles. The van der Waals surface area contributed by atoms with E-state index in [1.807, 2.05) is 0 Å². The first-order valence-corrected chi connectivity index (χ1v) is 6.11. The number of carboxylic acids is 1. The average molecular weight is 291 g/mol. The molecule has 102 valence electrons. The molecule has 0 amide bonds. The van der Waals surface area contributed by atoms with Crippen LogP contribution in [0.2, 0.25) is 5.02 Å². The third kappa shape index (κ3) is 2.97. The fourth-order valence-electron chi connectivity index (χ4n) is 1.87. The highest BCUT2D eigenvalue weighted by Crippen LogP contribution is 2.25. The van der Waals surface area contributed by atoms with Crippen molar-refractivity contribution in [3.63, 3.8) is 0 Å². The van der Waals surface area contributed by atoms with Crippen LogP contribution in [-0.4, -0.2) is 24.2 Å². The van der Waals surface area contributed by atoms with Gasteiger partial charge in [0.15, 0.2) is 0 Å². The zero-order chi connectivity index (χ0) is 14.7. The summed E-state index contributed by atoms with van der Waals surface area (Å²) in [5, 5.41) is 10.9. The van der Waals surface area contributed by atoms with E-state index in [0.29, 0.717) is 16.1 Å². The number of methoxy groups -OCH3 is 1. The van der Waals surface area contributed by atoms with Crippen molar-refractivity contribution >= 4 is 40.4 Å². The lowest BCUT2D eigenvalue weighted by molar-refractivity contribution is -0.131. The van der Waals surface area contributed by atoms with E-state index in [0.717, 1.165) is 16.8 Å². The molecule has 2 aromatic rings. The van der Waals surface area contributed by atoms with Gasteiger partial charge in [0.25, 0.3) is 0 Å². The molecule has 1 N–H and O–H groups in total. The number of esters is 1. The Morgan fingerprint density at radius 3 is 2.60 bits per heavy atom. The Labute approximate surface area is 120 Å². The molecule has 0 fully saturated rings. The van der Waals surface area contributed by atoms with E-state index >= 15 is 0 Å². The van der Waals surface area contributed by atoms with Gasteiger partial charge in [-0.2, -0.15) is 0 Å². The second-order valence-corrected chi connectivity index (χ2v) is 4.53. The SMILES string of the molecule is COC(=O)c1cc2cc(Cl)ccc2cc1/C=C/C(=O)O. The van der Waals surface area contributed by atoms with Crippen molar-refractivity contribution in [3.8, 4) is 0 Å². The predicted octanol–water partition coefficient (Wildman–Crippen LogP) is 3.38. The second-order valence-electron chi connectivity index (χ2n) is 4.09. The highest BCUT2D eigenvalue weighted by molar-refractivity contribution is 6.31. The van der Waals surface area contributed by atoms with Gasteiger partial charge in [0.2, 0.25) is 0 Å². The molecule has 0 radical (unpaired) electrons. The van der Waals surface area contributed by atoms with Crippen molar-refractivity contribution in [1.29, 1.82) is 0 Å². The first-order valence-electron chi connectivity index (χ1n) is 5.74. The lowest BCUT2D eigenvalue weighted by Crippen LogP contribution is -2.04. The van der Waals surface area contributed by atoms with Gasteiger partial charge in [0.05, 0.1) is 12.7 Å². The number of fused-ring (bicyclic) bond motifs is 1. The Bertz CT molecular complexity index is 719. The van der Waals surface area contributed by atoms with Gasteiger partial charge in [-0.3, -0.25) is 0 Å². The molecule has 2 aromatic carbocycles. The van der Waals surface area contributed by atoms with Gasteiger partial charge >= 0.3 is 11.9 Å². The lowest BCUT2D eigenvalue weighted by Gasteiger charge is -2.07. The monoisotopic (exact) mass is 290 g/mol. The zero-order valence-electron chi connectivity index (χ0n) is 10.6. The van der Waals surface area contributed by atoms with Gasteiger partial charge in [0, 0.05) is 11.1 Å². The molecule has 0 bridgehead atoms. The van der Waals surface area contributed by atoms with Crippen molar-refractivity contribution in [2.45, 2.75) is 0 Å². The minimum atomic E-state index is -1.09. The molecule has 0 aliphatic carbocycles. The molecule has 0 atom stereocenters. The van der Waals surface area contributed by atoms with E-state index in [1.165, 1.54) is 13.2 Å². The van der Waals surface area contributed by atoms with Crippen molar-refractivity contribution in [2.75, 3.05) is 7.11 Å². The summed E-state index contributed by atoms with van der Waals surface area (Å²) in [6.07, 6.45) is 2.34. The molecule has 0 unspecified atom stereocenters. The van der Waals surface area contributed by atoms with Crippen LogP contribution < -0.4 is 0 Å². The fraction of sp³-hybridized carbons (Fsp3) is 0.0667. The Morgan fingerprint density at radius 1 is 1.20 bits per heavy atom. The summed E-state index contributed by atoms with van der Waals surface area (Å²) in [6.45, 7) is 0. The van der Waals surface area contributed by atoms with Crippen LogP contribution in [0.5, 0.6) is 0 Å². The van der Waals surface area contributed by atoms with Gasteiger partial charge in [-0.25, -0.2) is 9.59 Å². The van der Waals surface area contributed by atoms with Crippen LogP contribution in [0.1, 0.15) is 15.9 Å². The smallest absolute Gasteiger partial charge is 0.338 e. The quantitative estimate of drug-likeness (QED) is 0.695. The second kappa shape index (κ2) is 5.75. The van der Waals surface area contributed by atoms with Crippen LogP contribution in [0.4, 0.5) is 0 Å². The zero-order valence-corrected chi connectivity index (χ0v) is 11.3. The Kier molecular flexibility index (Phi) is 4.05. The van der Waals surface area contributed by atoms with E-state index in [2.05, 4.69) is 0 Å². The third-order valence-corrected chi connectivity index (χ3v) is 3.02. The summed E-state index contributed by atoms with van der Waals surface area (Å²) < 4.78 is 4.71. The number of hydrogen-bond acceptors (Lipinski definition) is 3. The number of ether oxygens (including phenoxy) is 1. The van der Waals surface area contributed by atoms with Crippen LogP contribution in [0, 0.1) is 0 Å². The topological polar surface area (TPSA) is 63.6 Å².